The van der Waals surface area contributed by atoms with Gasteiger partial charge in [-0.2, -0.15) is 0 Å². The van der Waals surface area contributed by atoms with E-state index >= 15 is 0 Å². The molecule has 0 unspecified atom stereocenters. The molecule has 6 heteroatoms. The lowest BCUT2D eigenvalue weighted by molar-refractivity contribution is -0.161. The van der Waals surface area contributed by atoms with Crippen molar-refractivity contribution in [1.82, 2.24) is 0 Å². The molecule has 0 amide bonds. The lowest BCUT2D eigenvalue weighted by atomic mass is 10.1. The third-order valence-corrected chi connectivity index (χ3v) is 6.32. The van der Waals surface area contributed by atoms with E-state index in [4.69, 9.17) is 18.9 Å². The molecule has 4 rings (SSSR count). The summed E-state index contributed by atoms with van der Waals surface area (Å²) in [6.07, 6.45) is 1.08. The molecule has 0 aliphatic rings. The number of benzene rings is 4. The normalized spacial score (nSPS) is 10.7. The Kier molecular flexibility index (Phi) is 10.7. The Bertz CT molecular complexity index is 1210. The van der Waals surface area contributed by atoms with E-state index in [1.54, 1.807) is 0 Å². The van der Waals surface area contributed by atoms with Crippen LogP contribution in [0.3, 0.4) is 0 Å². The van der Waals surface area contributed by atoms with Crippen LogP contribution in [0.15, 0.2) is 109 Å². The lowest BCUT2D eigenvalue weighted by Gasteiger charge is -2.12. The monoisotopic (exact) mass is 538 g/mol. The van der Waals surface area contributed by atoms with Crippen molar-refractivity contribution in [2.24, 2.45) is 5.92 Å². The van der Waals surface area contributed by atoms with Gasteiger partial charge in [0.2, 0.25) is 0 Å². The second kappa shape index (κ2) is 15.1. The van der Waals surface area contributed by atoms with Crippen LogP contribution < -0.4 is 9.47 Å². The van der Waals surface area contributed by atoms with Gasteiger partial charge in [-0.05, 0) is 53.4 Å². The number of esters is 2. The topological polar surface area (TPSA) is 71.1 Å². The zero-order valence-electron chi connectivity index (χ0n) is 22.7. The van der Waals surface area contributed by atoms with Gasteiger partial charge in [0.05, 0.1) is 13.2 Å². The van der Waals surface area contributed by atoms with E-state index in [0.717, 1.165) is 33.8 Å². The Labute approximate surface area is 235 Å². The molecule has 0 aromatic heterocycles. The molecule has 206 valence electrons. The third kappa shape index (κ3) is 9.31. The Morgan fingerprint density at radius 1 is 0.525 bits per heavy atom. The summed E-state index contributed by atoms with van der Waals surface area (Å²) >= 11 is 0. The molecular weight excluding hydrogens is 504 g/mol. The average molecular weight is 539 g/mol. The molecule has 0 radical (unpaired) electrons. The van der Waals surface area contributed by atoms with Crippen LogP contribution in [-0.4, -0.2) is 25.2 Å². The maximum Gasteiger partial charge on any atom is 0.320 e. The SMILES string of the molecule is CC(C(=O)OCCc1ccc(OCc2ccccc2)cc1)C(=O)OCCc1ccc(OCc2ccccc2)cc1. The fourth-order valence-corrected chi connectivity index (χ4v) is 3.87. The smallest absolute Gasteiger partial charge is 0.320 e. The summed E-state index contributed by atoms with van der Waals surface area (Å²) in [5.41, 5.74) is 4.22. The molecule has 0 aliphatic carbocycles. The molecule has 0 aliphatic heterocycles. The number of carbonyl (C=O) groups is 2. The largest absolute Gasteiger partial charge is 0.489 e. The number of ether oxygens (including phenoxy) is 4. The molecule has 40 heavy (non-hydrogen) atoms. The highest BCUT2D eigenvalue weighted by Crippen LogP contribution is 2.16. The van der Waals surface area contributed by atoms with E-state index in [-0.39, 0.29) is 13.2 Å². The first kappa shape index (κ1) is 28.4. The third-order valence-electron chi connectivity index (χ3n) is 6.32. The summed E-state index contributed by atoms with van der Waals surface area (Å²) in [4.78, 5) is 24.7. The van der Waals surface area contributed by atoms with E-state index in [1.807, 2.05) is 109 Å². The molecule has 0 spiro atoms. The van der Waals surface area contributed by atoms with Crippen molar-refractivity contribution in [2.45, 2.75) is 33.0 Å². The predicted molar refractivity (Wildman–Crippen MR) is 153 cm³/mol. The molecule has 0 heterocycles. The summed E-state index contributed by atoms with van der Waals surface area (Å²) < 4.78 is 22.2. The summed E-state index contributed by atoms with van der Waals surface area (Å²) in [5.74, 6) is -0.621. The second-order valence-corrected chi connectivity index (χ2v) is 9.39. The van der Waals surface area contributed by atoms with E-state index in [0.29, 0.717) is 26.1 Å². The summed E-state index contributed by atoms with van der Waals surface area (Å²) in [6.45, 7) is 2.87. The van der Waals surface area contributed by atoms with Crippen molar-refractivity contribution in [3.63, 3.8) is 0 Å². The maximum atomic E-state index is 12.3. The average Bonchev–Trinajstić information content (AvgIpc) is 3.01. The van der Waals surface area contributed by atoms with Crippen molar-refractivity contribution >= 4 is 11.9 Å². The highest BCUT2D eigenvalue weighted by atomic mass is 16.6. The minimum Gasteiger partial charge on any atom is -0.489 e. The highest BCUT2D eigenvalue weighted by Gasteiger charge is 2.24. The quantitative estimate of drug-likeness (QED) is 0.138. The van der Waals surface area contributed by atoms with Crippen molar-refractivity contribution in [3.05, 3.63) is 131 Å². The first-order valence-corrected chi connectivity index (χ1v) is 13.4. The summed E-state index contributed by atoms with van der Waals surface area (Å²) in [7, 11) is 0. The molecule has 4 aromatic carbocycles. The molecular formula is C34H34O6. The number of hydrogen-bond donors (Lipinski definition) is 0. The Morgan fingerprint density at radius 2 is 0.900 bits per heavy atom. The van der Waals surface area contributed by atoms with Crippen molar-refractivity contribution in [1.29, 1.82) is 0 Å². The Morgan fingerprint density at radius 3 is 1.27 bits per heavy atom. The van der Waals surface area contributed by atoms with E-state index in [1.165, 1.54) is 6.92 Å². The molecule has 0 saturated carbocycles. The van der Waals surface area contributed by atoms with Crippen LogP contribution in [0.1, 0.15) is 29.2 Å². The molecule has 0 fully saturated rings. The molecule has 0 bridgehead atoms. The van der Waals surface area contributed by atoms with Gasteiger partial charge < -0.3 is 18.9 Å². The summed E-state index contributed by atoms with van der Waals surface area (Å²) in [6, 6.07) is 35.3. The van der Waals surface area contributed by atoms with Crippen LogP contribution in [0, 0.1) is 5.92 Å². The number of hydrogen-bond acceptors (Lipinski definition) is 6. The van der Waals surface area contributed by atoms with Gasteiger partial charge in [-0.1, -0.05) is 84.9 Å². The van der Waals surface area contributed by atoms with Crippen LogP contribution in [0.25, 0.3) is 0 Å². The summed E-state index contributed by atoms with van der Waals surface area (Å²) in [5, 5.41) is 0. The van der Waals surface area contributed by atoms with E-state index in [9.17, 15) is 9.59 Å². The standard InChI is InChI=1S/C34H34O6/c1-26(33(35)37-22-20-27-12-16-31(17-13-27)39-24-29-8-4-2-5-9-29)34(36)38-23-21-28-14-18-32(19-15-28)40-25-30-10-6-3-7-11-30/h2-19,26H,20-25H2,1H3. The molecule has 0 atom stereocenters. The van der Waals surface area contributed by atoms with Gasteiger partial charge in [-0.15, -0.1) is 0 Å². The second-order valence-electron chi connectivity index (χ2n) is 9.39. The van der Waals surface area contributed by atoms with Crippen LogP contribution in [-0.2, 0) is 45.1 Å². The van der Waals surface area contributed by atoms with Gasteiger partial charge >= 0.3 is 11.9 Å². The van der Waals surface area contributed by atoms with Crippen LogP contribution in [0.2, 0.25) is 0 Å². The van der Waals surface area contributed by atoms with Crippen LogP contribution >= 0.6 is 0 Å². The van der Waals surface area contributed by atoms with Crippen LogP contribution in [0.5, 0.6) is 11.5 Å². The first-order chi connectivity index (χ1) is 19.6. The first-order valence-electron chi connectivity index (χ1n) is 13.4. The minimum absolute atomic E-state index is 0.180. The fourth-order valence-electron chi connectivity index (χ4n) is 3.87. The molecule has 0 N–H and O–H groups in total. The lowest BCUT2D eigenvalue weighted by Crippen LogP contribution is -2.26. The van der Waals surface area contributed by atoms with Gasteiger partial charge in [0.15, 0.2) is 5.92 Å². The highest BCUT2D eigenvalue weighted by molar-refractivity contribution is 5.94. The van der Waals surface area contributed by atoms with E-state index in [2.05, 4.69) is 0 Å². The van der Waals surface area contributed by atoms with Crippen LogP contribution in [0.4, 0.5) is 0 Å². The molecule has 0 saturated heterocycles. The van der Waals surface area contributed by atoms with Gasteiger partial charge in [0.25, 0.3) is 0 Å². The predicted octanol–water partition coefficient (Wildman–Crippen LogP) is 6.35. The van der Waals surface area contributed by atoms with Gasteiger partial charge in [0, 0.05) is 12.8 Å². The van der Waals surface area contributed by atoms with Crippen molar-refractivity contribution in [2.75, 3.05) is 13.2 Å². The van der Waals surface area contributed by atoms with E-state index < -0.39 is 17.9 Å². The van der Waals surface area contributed by atoms with Gasteiger partial charge in [-0.25, -0.2) is 0 Å². The van der Waals surface area contributed by atoms with Crippen molar-refractivity contribution < 1.29 is 28.5 Å². The Balaban J connectivity index is 1.10. The van der Waals surface area contributed by atoms with Crippen molar-refractivity contribution in [3.8, 4) is 11.5 Å². The molecule has 6 nitrogen and oxygen atoms in total. The fraction of sp³-hybridized carbons (Fsp3) is 0.235. The number of carbonyl (C=O) groups excluding carboxylic acids is 2. The van der Waals surface area contributed by atoms with Gasteiger partial charge in [-0.3, -0.25) is 9.59 Å². The Hall–Kier alpha value is -4.58. The molecule has 4 aromatic rings. The zero-order valence-corrected chi connectivity index (χ0v) is 22.7. The van der Waals surface area contributed by atoms with Gasteiger partial charge in [0.1, 0.15) is 24.7 Å². The number of rotatable bonds is 14. The minimum atomic E-state index is -0.984. The zero-order chi connectivity index (χ0) is 28.0. The maximum absolute atomic E-state index is 12.3.